The average Bonchev–Trinajstić information content (AvgIpc) is 2.62. The summed E-state index contributed by atoms with van der Waals surface area (Å²) in [7, 11) is 0. The second-order valence-electron chi connectivity index (χ2n) is 5.43. The van der Waals surface area contributed by atoms with Crippen molar-refractivity contribution in [3.63, 3.8) is 0 Å². The van der Waals surface area contributed by atoms with E-state index in [0.717, 1.165) is 27.7 Å². The third kappa shape index (κ3) is 2.86. The Kier molecular flexibility index (Phi) is 3.93. The molecule has 0 aliphatic heterocycles. The monoisotopic (exact) mass is 350 g/mol. The van der Waals surface area contributed by atoms with E-state index in [1.807, 2.05) is 72.8 Å². The number of hydrogen-bond acceptors (Lipinski definition) is 2. The van der Waals surface area contributed by atoms with E-state index >= 15 is 0 Å². The summed E-state index contributed by atoms with van der Waals surface area (Å²) in [5.74, 6) is 0.667. The number of hydrogen-bond donors (Lipinski definition) is 0. The Morgan fingerprint density at radius 3 is 2.08 bits per heavy atom. The van der Waals surface area contributed by atoms with E-state index in [9.17, 15) is 0 Å². The van der Waals surface area contributed by atoms with Crippen molar-refractivity contribution in [3.8, 4) is 22.6 Å². The SMILES string of the molecule is Clc1ccc(-c2nc(-c3ccccc3)c3cc(Cl)ccc3n2)cc1. The molecule has 0 atom stereocenters. The van der Waals surface area contributed by atoms with Crippen LogP contribution in [0.2, 0.25) is 10.0 Å². The molecule has 0 unspecified atom stereocenters. The minimum absolute atomic E-state index is 0.667. The standard InChI is InChI=1S/C20H12Cl2N2/c21-15-8-6-14(7-9-15)20-23-18-11-10-16(22)12-17(18)19(24-20)13-4-2-1-3-5-13/h1-12H. The number of fused-ring (bicyclic) bond motifs is 1. The molecular weight excluding hydrogens is 339 g/mol. The Labute approximate surface area is 149 Å². The lowest BCUT2D eigenvalue weighted by Crippen LogP contribution is -1.95. The molecule has 1 heterocycles. The molecule has 0 saturated heterocycles. The highest BCUT2D eigenvalue weighted by molar-refractivity contribution is 6.31. The van der Waals surface area contributed by atoms with Gasteiger partial charge in [0.05, 0.1) is 11.2 Å². The Bertz CT molecular complexity index is 1010. The van der Waals surface area contributed by atoms with Crippen LogP contribution >= 0.6 is 23.2 Å². The molecule has 4 rings (SSSR count). The fourth-order valence-electron chi connectivity index (χ4n) is 2.64. The molecule has 0 spiro atoms. The first-order valence-electron chi connectivity index (χ1n) is 7.49. The van der Waals surface area contributed by atoms with Gasteiger partial charge in [-0.1, -0.05) is 53.5 Å². The molecule has 0 N–H and O–H groups in total. The lowest BCUT2D eigenvalue weighted by molar-refractivity contribution is 1.23. The summed E-state index contributed by atoms with van der Waals surface area (Å²) in [5.41, 5.74) is 3.68. The Morgan fingerprint density at radius 2 is 1.33 bits per heavy atom. The molecule has 0 aliphatic rings. The van der Waals surface area contributed by atoms with Gasteiger partial charge in [0.2, 0.25) is 0 Å². The van der Waals surface area contributed by atoms with Crippen molar-refractivity contribution in [2.45, 2.75) is 0 Å². The van der Waals surface area contributed by atoms with Crippen molar-refractivity contribution in [2.75, 3.05) is 0 Å². The lowest BCUT2D eigenvalue weighted by Gasteiger charge is -2.10. The maximum absolute atomic E-state index is 6.18. The Morgan fingerprint density at radius 1 is 0.625 bits per heavy atom. The van der Waals surface area contributed by atoms with Crippen LogP contribution in [0, 0.1) is 0 Å². The molecule has 0 bridgehead atoms. The topological polar surface area (TPSA) is 25.8 Å². The summed E-state index contributed by atoms with van der Waals surface area (Å²) >= 11 is 12.2. The Balaban J connectivity index is 2.00. The quantitative estimate of drug-likeness (QED) is 0.425. The van der Waals surface area contributed by atoms with Gasteiger partial charge in [0.1, 0.15) is 0 Å². The van der Waals surface area contributed by atoms with Gasteiger partial charge in [-0.2, -0.15) is 0 Å². The predicted molar refractivity (Wildman–Crippen MR) is 100 cm³/mol. The highest BCUT2D eigenvalue weighted by atomic mass is 35.5. The highest BCUT2D eigenvalue weighted by Crippen LogP contribution is 2.30. The zero-order chi connectivity index (χ0) is 16.5. The number of nitrogens with zero attached hydrogens (tertiary/aromatic N) is 2. The molecule has 1 aromatic heterocycles. The van der Waals surface area contributed by atoms with Crippen LogP contribution in [0.15, 0.2) is 72.8 Å². The van der Waals surface area contributed by atoms with Crippen LogP contribution in [0.5, 0.6) is 0 Å². The van der Waals surface area contributed by atoms with Crippen LogP contribution < -0.4 is 0 Å². The zero-order valence-electron chi connectivity index (χ0n) is 12.6. The smallest absolute Gasteiger partial charge is 0.160 e. The first kappa shape index (κ1) is 15.1. The van der Waals surface area contributed by atoms with Crippen molar-refractivity contribution in [2.24, 2.45) is 0 Å². The van der Waals surface area contributed by atoms with Crippen molar-refractivity contribution < 1.29 is 0 Å². The maximum Gasteiger partial charge on any atom is 0.160 e. The van der Waals surface area contributed by atoms with E-state index in [4.69, 9.17) is 28.2 Å². The molecule has 0 saturated carbocycles. The molecular formula is C20H12Cl2N2. The van der Waals surface area contributed by atoms with Gasteiger partial charge in [-0.3, -0.25) is 0 Å². The van der Waals surface area contributed by atoms with Gasteiger partial charge in [0, 0.05) is 26.6 Å². The molecule has 0 radical (unpaired) electrons. The van der Waals surface area contributed by atoms with Crippen molar-refractivity contribution in [3.05, 3.63) is 82.8 Å². The molecule has 0 amide bonds. The average molecular weight is 351 g/mol. The third-order valence-electron chi connectivity index (χ3n) is 3.81. The number of rotatable bonds is 2. The summed E-state index contributed by atoms with van der Waals surface area (Å²) in [5, 5.41) is 2.29. The van der Waals surface area contributed by atoms with Gasteiger partial charge in [-0.15, -0.1) is 0 Å². The van der Waals surface area contributed by atoms with E-state index in [1.165, 1.54) is 0 Å². The van der Waals surface area contributed by atoms with Crippen LogP contribution in [0.25, 0.3) is 33.5 Å². The maximum atomic E-state index is 6.18. The molecule has 116 valence electrons. The minimum Gasteiger partial charge on any atom is -0.228 e. The van der Waals surface area contributed by atoms with Gasteiger partial charge in [-0.25, -0.2) is 9.97 Å². The lowest BCUT2D eigenvalue weighted by atomic mass is 10.1. The van der Waals surface area contributed by atoms with Crippen LogP contribution in [0.1, 0.15) is 0 Å². The fourth-order valence-corrected chi connectivity index (χ4v) is 2.94. The van der Waals surface area contributed by atoms with Gasteiger partial charge in [0.25, 0.3) is 0 Å². The zero-order valence-corrected chi connectivity index (χ0v) is 14.1. The van der Waals surface area contributed by atoms with Crippen LogP contribution in [0.4, 0.5) is 0 Å². The largest absolute Gasteiger partial charge is 0.228 e. The van der Waals surface area contributed by atoms with Crippen molar-refractivity contribution in [1.82, 2.24) is 9.97 Å². The van der Waals surface area contributed by atoms with Crippen LogP contribution in [-0.2, 0) is 0 Å². The normalized spacial score (nSPS) is 10.9. The van der Waals surface area contributed by atoms with E-state index in [0.29, 0.717) is 15.9 Å². The first-order chi connectivity index (χ1) is 11.7. The van der Waals surface area contributed by atoms with Crippen molar-refractivity contribution in [1.29, 1.82) is 0 Å². The van der Waals surface area contributed by atoms with E-state index < -0.39 is 0 Å². The molecule has 0 fully saturated rings. The summed E-state index contributed by atoms with van der Waals surface area (Å²) in [6.07, 6.45) is 0. The third-order valence-corrected chi connectivity index (χ3v) is 4.29. The van der Waals surface area contributed by atoms with Crippen LogP contribution in [0.3, 0.4) is 0 Å². The van der Waals surface area contributed by atoms with E-state index in [-0.39, 0.29) is 0 Å². The minimum atomic E-state index is 0.667. The number of benzene rings is 3. The van der Waals surface area contributed by atoms with Gasteiger partial charge < -0.3 is 0 Å². The van der Waals surface area contributed by atoms with Crippen molar-refractivity contribution >= 4 is 34.1 Å². The number of halogens is 2. The summed E-state index contributed by atoms with van der Waals surface area (Å²) < 4.78 is 0. The van der Waals surface area contributed by atoms with Gasteiger partial charge in [0.15, 0.2) is 5.82 Å². The molecule has 24 heavy (non-hydrogen) atoms. The molecule has 0 aliphatic carbocycles. The fraction of sp³-hybridized carbons (Fsp3) is 0. The van der Waals surface area contributed by atoms with E-state index in [1.54, 1.807) is 0 Å². The number of aromatic nitrogens is 2. The molecule has 3 aromatic carbocycles. The second kappa shape index (κ2) is 6.23. The van der Waals surface area contributed by atoms with Gasteiger partial charge in [-0.05, 0) is 42.5 Å². The Hall–Kier alpha value is -2.42. The second-order valence-corrected chi connectivity index (χ2v) is 6.30. The van der Waals surface area contributed by atoms with Crippen LogP contribution in [-0.4, -0.2) is 9.97 Å². The molecule has 4 heteroatoms. The first-order valence-corrected chi connectivity index (χ1v) is 8.25. The predicted octanol–water partition coefficient (Wildman–Crippen LogP) is 6.27. The van der Waals surface area contributed by atoms with E-state index in [2.05, 4.69) is 4.98 Å². The molecule has 4 aromatic rings. The summed E-state index contributed by atoms with van der Waals surface area (Å²) in [6.45, 7) is 0. The highest BCUT2D eigenvalue weighted by Gasteiger charge is 2.11. The summed E-state index contributed by atoms with van der Waals surface area (Å²) in [4.78, 5) is 9.49. The summed E-state index contributed by atoms with van der Waals surface area (Å²) in [6, 6.07) is 23.3. The molecule has 2 nitrogen and oxygen atoms in total. The van der Waals surface area contributed by atoms with Gasteiger partial charge >= 0.3 is 0 Å².